The van der Waals surface area contributed by atoms with E-state index in [-0.39, 0.29) is 5.54 Å². The molecule has 0 saturated carbocycles. The van der Waals surface area contributed by atoms with Crippen LogP contribution in [0.3, 0.4) is 0 Å². The lowest BCUT2D eigenvalue weighted by atomic mass is 9.82. The maximum Gasteiger partial charge on any atom is 0.0432 e. The number of benzene rings is 1. The normalized spacial score (nSPS) is 33.5. The van der Waals surface area contributed by atoms with Crippen molar-refractivity contribution in [1.29, 1.82) is 0 Å². The highest BCUT2D eigenvalue weighted by Crippen LogP contribution is 2.35. The van der Waals surface area contributed by atoms with Crippen LogP contribution in [-0.2, 0) is 5.54 Å². The Balaban J connectivity index is 2.34. The minimum absolute atomic E-state index is 0.196. The van der Waals surface area contributed by atoms with Gasteiger partial charge >= 0.3 is 0 Å². The van der Waals surface area contributed by atoms with Gasteiger partial charge in [0.15, 0.2) is 0 Å². The Morgan fingerprint density at radius 1 is 1.31 bits per heavy atom. The molecule has 1 saturated heterocycles. The summed E-state index contributed by atoms with van der Waals surface area (Å²) >= 11 is 0. The van der Waals surface area contributed by atoms with Gasteiger partial charge in [-0.05, 0) is 31.4 Å². The fraction of sp³-hybridized carbons (Fsp3) is 0.500. The average Bonchev–Trinajstić information content (AvgIpc) is 2.50. The molecule has 0 amide bonds. The predicted octanol–water partition coefficient (Wildman–Crippen LogP) is 2.53. The Morgan fingerprint density at radius 2 is 2.00 bits per heavy atom. The van der Waals surface area contributed by atoms with Crippen molar-refractivity contribution < 1.29 is 0 Å². The Labute approximate surface area is 80.2 Å². The second kappa shape index (κ2) is 3.15. The molecule has 2 unspecified atom stereocenters. The standard InChI is InChI=1S/C12H17N/c1-10-8-9-13-12(10,2)11-6-4-3-5-7-11/h3-7,10,13H,8-9H2,1-2H3. The summed E-state index contributed by atoms with van der Waals surface area (Å²) in [6.45, 7) is 5.78. The number of hydrogen-bond acceptors (Lipinski definition) is 1. The van der Waals surface area contributed by atoms with Crippen LogP contribution in [0.15, 0.2) is 30.3 Å². The van der Waals surface area contributed by atoms with E-state index in [0.717, 1.165) is 12.5 Å². The summed E-state index contributed by atoms with van der Waals surface area (Å²) in [5.74, 6) is 0.731. The zero-order valence-electron chi connectivity index (χ0n) is 8.38. The SMILES string of the molecule is CC1CCNC1(C)c1ccccc1. The lowest BCUT2D eigenvalue weighted by Crippen LogP contribution is -2.37. The van der Waals surface area contributed by atoms with Crippen LogP contribution in [0.25, 0.3) is 0 Å². The highest BCUT2D eigenvalue weighted by Gasteiger charge is 2.36. The average molecular weight is 175 g/mol. The molecule has 0 radical (unpaired) electrons. The molecule has 2 atom stereocenters. The van der Waals surface area contributed by atoms with Gasteiger partial charge in [-0.1, -0.05) is 37.3 Å². The van der Waals surface area contributed by atoms with E-state index >= 15 is 0 Å². The Kier molecular flexibility index (Phi) is 2.12. The molecule has 1 fully saturated rings. The van der Waals surface area contributed by atoms with Crippen LogP contribution in [0.2, 0.25) is 0 Å². The van der Waals surface area contributed by atoms with Crippen molar-refractivity contribution in [2.24, 2.45) is 5.92 Å². The van der Waals surface area contributed by atoms with Gasteiger partial charge in [0, 0.05) is 5.54 Å². The highest BCUT2D eigenvalue weighted by atomic mass is 15.0. The van der Waals surface area contributed by atoms with Gasteiger partial charge in [0.05, 0.1) is 0 Å². The largest absolute Gasteiger partial charge is 0.307 e. The molecule has 1 aromatic rings. The van der Waals surface area contributed by atoms with Crippen molar-refractivity contribution >= 4 is 0 Å². The third-order valence-corrected chi connectivity index (χ3v) is 3.43. The second-order valence-electron chi connectivity index (χ2n) is 4.18. The minimum Gasteiger partial charge on any atom is -0.307 e. The van der Waals surface area contributed by atoms with Crippen LogP contribution >= 0.6 is 0 Å². The van der Waals surface area contributed by atoms with Crippen molar-refractivity contribution in [3.05, 3.63) is 35.9 Å². The van der Waals surface area contributed by atoms with Crippen LogP contribution in [0.1, 0.15) is 25.8 Å². The molecule has 0 aromatic heterocycles. The van der Waals surface area contributed by atoms with E-state index in [1.54, 1.807) is 0 Å². The molecule has 1 aromatic carbocycles. The molecule has 1 N–H and O–H groups in total. The third-order valence-electron chi connectivity index (χ3n) is 3.43. The molecular weight excluding hydrogens is 158 g/mol. The van der Waals surface area contributed by atoms with Crippen LogP contribution in [0.5, 0.6) is 0 Å². The molecule has 1 aliphatic rings. The zero-order chi connectivity index (χ0) is 9.31. The van der Waals surface area contributed by atoms with E-state index < -0.39 is 0 Å². The van der Waals surface area contributed by atoms with Crippen molar-refractivity contribution in [2.45, 2.75) is 25.8 Å². The predicted molar refractivity (Wildman–Crippen MR) is 55.6 cm³/mol. The lowest BCUT2D eigenvalue weighted by molar-refractivity contribution is 0.334. The number of hydrogen-bond donors (Lipinski definition) is 1. The Bertz CT molecular complexity index is 280. The summed E-state index contributed by atoms with van der Waals surface area (Å²) in [6, 6.07) is 10.7. The maximum atomic E-state index is 3.60. The van der Waals surface area contributed by atoms with E-state index in [9.17, 15) is 0 Å². The molecule has 1 heterocycles. The van der Waals surface area contributed by atoms with E-state index in [1.807, 2.05) is 0 Å². The van der Waals surface area contributed by atoms with Gasteiger partial charge in [-0.2, -0.15) is 0 Å². The van der Waals surface area contributed by atoms with Crippen LogP contribution < -0.4 is 5.32 Å². The summed E-state index contributed by atoms with van der Waals surface area (Å²) in [5.41, 5.74) is 1.61. The summed E-state index contributed by atoms with van der Waals surface area (Å²) < 4.78 is 0. The summed E-state index contributed by atoms with van der Waals surface area (Å²) in [4.78, 5) is 0. The first kappa shape index (κ1) is 8.76. The summed E-state index contributed by atoms with van der Waals surface area (Å²) in [6.07, 6.45) is 1.28. The smallest absolute Gasteiger partial charge is 0.0432 e. The monoisotopic (exact) mass is 175 g/mol. The second-order valence-corrected chi connectivity index (χ2v) is 4.18. The molecule has 0 bridgehead atoms. The summed E-state index contributed by atoms with van der Waals surface area (Å²) in [7, 11) is 0. The number of nitrogens with one attached hydrogen (secondary N) is 1. The van der Waals surface area contributed by atoms with E-state index in [1.165, 1.54) is 12.0 Å². The topological polar surface area (TPSA) is 12.0 Å². The molecule has 1 aliphatic heterocycles. The van der Waals surface area contributed by atoms with Gasteiger partial charge in [0.1, 0.15) is 0 Å². The van der Waals surface area contributed by atoms with Crippen molar-refractivity contribution in [3.8, 4) is 0 Å². The molecular formula is C12H17N. The van der Waals surface area contributed by atoms with Crippen LogP contribution in [0, 0.1) is 5.92 Å². The van der Waals surface area contributed by atoms with Crippen molar-refractivity contribution in [2.75, 3.05) is 6.54 Å². The van der Waals surface area contributed by atoms with Gasteiger partial charge in [0.2, 0.25) is 0 Å². The molecule has 13 heavy (non-hydrogen) atoms. The first-order chi connectivity index (χ1) is 6.23. The van der Waals surface area contributed by atoms with Gasteiger partial charge in [-0.15, -0.1) is 0 Å². The van der Waals surface area contributed by atoms with Gasteiger partial charge in [-0.3, -0.25) is 0 Å². The van der Waals surface area contributed by atoms with Crippen LogP contribution in [-0.4, -0.2) is 6.54 Å². The molecule has 1 nitrogen and oxygen atoms in total. The zero-order valence-corrected chi connectivity index (χ0v) is 8.38. The Hall–Kier alpha value is -0.820. The van der Waals surface area contributed by atoms with Gasteiger partial charge < -0.3 is 5.32 Å². The first-order valence-electron chi connectivity index (χ1n) is 5.04. The molecule has 0 spiro atoms. The molecule has 0 aliphatic carbocycles. The van der Waals surface area contributed by atoms with Gasteiger partial charge in [-0.25, -0.2) is 0 Å². The van der Waals surface area contributed by atoms with Crippen molar-refractivity contribution in [1.82, 2.24) is 5.32 Å². The van der Waals surface area contributed by atoms with E-state index in [4.69, 9.17) is 0 Å². The fourth-order valence-corrected chi connectivity index (χ4v) is 2.18. The van der Waals surface area contributed by atoms with Gasteiger partial charge in [0.25, 0.3) is 0 Å². The van der Waals surface area contributed by atoms with E-state index in [0.29, 0.717) is 0 Å². The van der Waals surface area contributed by atoms with Crippen LogP contribution in [0.4, 0.5) is 0 Å². The maximum absolute atomic E-state index is 3.60. The van der Waals surface area contributed by atoms with E-state index in [2.05, 4.69) is 49.5 Å². The minimum atomic E-state index is 0.196. The summed E-state index contributed by atoms with van der Waals surface area (Å²) in [5, 5.41) is 3.60. The molecule has 2 rings (SSSR count). The third kappa shape index (κ3) is 1.37. The Morgan fingerprint density at radius 3 is 2.54 bits per heavy atom. The fourth-order valence-electron chi connectivity index (χ4n) is 2.18. The first-order valence-corrected chi connectivity index (χ1v) is 5.04. The lowest BCUT2D eigenvalue weighted by Gasteiger charge is -2.30. The van der Waals surface area contributed by atoms with Crippen molar-refractivity contribution in [3.63, 3.8) is 0 Å². The molecule has 1 heteroatoms. The number of rotatable bonds is 1. The molecule has 70 valence electrons. The highest BCUT2D eigenvalue weighted by molar-refractivity contribution is 5.25. The quantitative estimate of drug-likeness (QED) is 0.691.